The highest BCUT2D eigenvalue weighted by Gasteiger charge is 2.13. The van der Waals surface area contributed by atoms with Gasteiger partial charge in [0.25, 0.3) is 0 Å². The lowest BCUT2D eigenvalue weighted by Crippen LogP contribution is -2.19. The van der Waals surface area contributed by atoms with E-state index in [0.29, 0.717) is 28.3 Å². The zero-order chi connectivity index (χ0) is 20.3. The number of anilines is 2. The largest absolute Gasteiger partial charge is 0.495 e. The van der Waals surface area contributed by atoms with Crippen LogP contribution in [0.15, 0.2) is 47.4 Å². The van der Waals surface area contributed by atoms with Crippen molar-refractivity contribution in [2.75, 3.05) is 19.5 Å². The Bertz CT molecular complexity index is 1070. The molecule has 0 bridgehead atoms. The summed E-state index contributed by atoms with van der Waals surface area (Å²) in [6, 6.07) is 11.0. The molecule has 0 spiro atoms. The Balaban J connectivity index is 2.05. The molecule has 0 aliphatic rings. The normalized spacial score (nSPS) is 10.6. The number of hydrogen-bond donors (Lipinski definition) is 1. The van der Waals surface area contributed by atoms with Crippen LogP contribution in [0.1, 0.15) is 11.1 Å². The van der Waals surface area contributed by atoms with Crippen LogP contribution in [-0.2, 0) is 6.54 Å². The monoisotopic (exact) mass is 419 g/mol. The van der Waals surface area contributed by atoms with Gasteiger partial charge in [0.05, 0.1) is 32.0 Å². The Kier molecular flexibility index (Phi) is 6.11. The van der Waals surface area contributed by atoms with E-state index in [1.807, 2.05) is 25.1 Å². The lowest BCUT2D eigenvalue weighted by atomic mass is 10.2. The van der Waals surface area contributed by atoms with Gasteiger partial charge >= 0.3 is 5.56 Å². The van der Waals surface area contributed by atoms with Gasteiger partial charge in [-0.05, 0) is 36.2 Å². The number of nitrogens with one attached hydrogen (secondary N) is 1. The highest BCUT2D eigenvalue weighted by atomic mass is 35.5. The number of hydrogen-bond acceptors (Lipinski definition) is 5. The molecule has 0 atom stereocenters. The third-order valence-corrected chi connectivity index (χ3v) is 4.70. The molecule has 0 fully saturated rings. The maximum absolute atomic E-state index is 12.2. The first-order valence-corrected chi connectivity index (χ1v) is 9.18. The first-order valence-electron chi connectivity index (χ1n) is 8.42. The number of benzene rings is 2. The van der Waals surface area contributed by atoms with Gasteiger partial charge in [0.15, 0.2) is 0 Å². The summed E-state index contributed by atoms with van der Waals surface area (Å²) >= 11 is 12.3. The SMILES string of the molecule is COc1cc(Nc2nc(=O)c(OC)cn2Cc2cccc(Cl)c2)c(C)cc1Cl. The summed E-state index contributed by atoms with van der Waals surface area (Å²) < 4.78 is 12.2. The van der Waals surface area contributed by atoms with E-state index < -0.39 is 5.56 Å². The lowest BCUT2D eigenvalue weighted by Gasteiger charge is -2.17. The molecule has 3 rings (SSSR count). The molecular weight excluding hydrogens is 401 g/mol. The van der Waals surface area contributed by atoms with E-state index in [4.69, 9.17) is 32.7 Å². The van der Waals surface area contributed by atoms with Crippen LogP contribution in [0.2, 0.25) is 10.0 Å². The number of aromatic nitrogens is 2. The fraction of sp³-hybridized carbons (Fsp3) is 0.200. The summed E-state index contributed by atoms with van der Waals surface area (Å²) in [6.07, 6.45) is 1.61. The van der Waals surface area contributed by atoms with E-state index in [0.717, 1.165) is 16.8 Å². The first-order chi connectivity index (χ1) is 13.4. The average Bonchev–Trinajstić information content (AvgIpc) is 2.66. The second kappa shape index (κ2) is 8.54. The lowest BCUT2D eigenvalue weighted by molar-refractivity contribution is 0.402. The zero-order valence-electron chi connectivity index (χ0n) is 15.6. The first kappa shape index (κ1) is 20.0. The fourth-order valence-corrected chi connectivity index (χ4v) is 3.24. The molecule has 3 aromatic rings. The van der Waals surface area contributed by atoms with Crippen LogP contribution in [-0.4, -0.2) is 23.8 Å². The van der Waals surface area contributed by atoms with Crippen molar-refractivity contribution in [1.29, 1.82) is 0 Å². The van der Waals surface area contributed by atoms with Crippen LogP contribution in [0.3, 0.4) is 0 Å². The highest BCUT2D eigenvalue weighted by Crippen LogP contribution is 2.32. The summed E-state index contributed by atoms with van der Waals surface area (Å²) in [4.78, 5) is 16.4. The molecule has 0 saturated heterocycles. The van der Waals surface area contributed by atoms with Crippen molar-refractivity contribution in [1.82, 2.24) is 9.55 Å². The number of ether oxygens (including phenoxy) is 2. The second-order valence-electron chi connectivity index (χ2n) is 6.12. The predicted molar refractivity (Wildman–Crippen MR) is 112 cm³/mol. The van der Waals surface area contributed by atoms with E-state index in [2.05, 4.69) is 10.3 Å². The highest BCUT2D eigenvalue weighted by molar-refractivity contribution is 6.32. The Morgan fingerprint density at radius 2 is 1.86 bits per heavy atom. The van der Waals surface area contributed by atoms with Gasteiger partial charge in [-0.1, -0.05) is 35.3 Å². The van der Waals surface area contributed by atoms with Crippen molar-refractivity contribution in [2.45, 2.75) is 13.5 Å². The molecule has 8 heteroatoms. The molecule has 1 N–H and O–H groups in total. The van der Waals surface area contributed by atoms with Crippen molar-refractivity contribution in [3.63, 3.8) is 0 Å². The van der Waals surface area contributed by atoms with Crippen molar-refractivity contribution in [3.05, 3.63) is 74.1 Å². The molecule has 0 radical (unpaired) electrons. The third-order valence-electron chi connectivity index (χ3n) is 4.17. The van der Waals surface area contributed by atoms with Crippen molar-refractivity contribution in [2.24, 2.45) is 0 Å². The molecule has 0 saturated carbocycles. The number of nitrogens with zero attached hydrogens (tertiary/aromatic N) is 2. The third kappa shape index (κ3) is 4.40. The molecule has 0 amide bonds. The molecule has 0 aliphatic heterocycles. The van der Waals surface area contributed by atoms with Gasteiger partial charge in [-0.25, -0.2) is 0 Å². The van der Waals surface area contributed by atoms with Gasteiger partial charge in [0, 0.05) is 16.8 Å². The minimum absolute atomic E-state index is 0.151. The summed E-state index contributed by atoms with van der Waals surface area (Å²) in [5.74, 6) is 1.03. The maximum atomic E-state index is 12.2. The van der Waals surface area contributed by atoms with Crippen LogP contribution >= 0.6 is 23.2 Å². The molecule has 1 heterocycles. The van der Waals surface area contributed by atoms with Crippen LogP contribution in [0.5, 0.6) is 11.5 Å². The van der Waals surface area contributed by atoms with Crippen LogP contribution < -0.4 is 20.3 Å². The van der Waals surface area contributed by atoms with E-state index in [-0.39, 0.29) is 5.75 Å². The van der Waals surface area contributed by atoms with Crippen molar-refractivity contribution < 1.29 is 9.47 Å². The maximum Gasteiger partial charge on any atom is 0.316 e. The van der Waals surface area contributed by atoms with Crippen LogP contribution in [0.25, 0.3) is 0 Å². The molecule has 28 heavy (non-hydrogen) atoms. The van der Waals surface area contributed by atoms with E-state index >= 15 is 0 Å². The van der Waals surface area contributed by atoms with E-state index in [9.17, 15) is 4.79 Å². The van der Waals surface area contributed by atoms with Crippen molar-refractivity contribution >= 4 is 34.8 Å². The molecule has 6 nitrogen and oxygen atoms in total. The van der Waals surface area contributed by atoms with Crippen LogP contribution in [0, 0.1) is 6.92 Å². The Morgan fingerprint density at radius 3 is 2.54 bits per heavy atom. The molecule has 1 aromatic heterocycles. The van der Waals surface area contributed by atoms with E-state index in [1.54, 1.807) is 36.1 Å². The van der Waals surface area contributed by atoms with Crippen LogP contribution in [0.4, 0.5) is 11.6 Å². The fourth-order valence-electron chi connectivity index (χ4n) is 2.73. The van der Waals surface area contributed by atoms with Gasteiger partial charge in [0.1, 0.15) is 5.75 Å². The van der Waals surface area contributed by atoms with Gasteiger partial charge in [-0.2, -0.15) is 4.98 Å². The molecule has 146 valence electrons. The summed E-state index contributed by atoms with van der Waals surface area (Å²) in [7, 11) is 2.98. The summed E-state index contributed by atoms with van der Waals surface area (Å²) in [5.41, 5.74) is 2.09. The zero-order valence-corrected chi connectivity index (χ0v) is 17.1. The second-order valence-corrected chi connectivity index (χ2v) is 6.97. The number of halogens is 2. The van der Waals surface area contributed by atoms with Gasteiger partial charge in [-0.3, -0.25) is 4.79 Å². The quantitative estimate of drug-likeness (QED) is 0.628. The minimum Gasteiger partial charge on any atom is -0.495 e. The van der Waals surface area contributed by atoms with Gasteiger partial charge in [-0.15, -0.1) is 0 Å². The van der Waals surface area contributed by atoms with E-state index in [1.165, 1.54) is 7.11 Å². The molecular formula is C20H19Cl2N3O3. The smallest absolute Gasteiger partial charge is 0.316 e. The average molecular weight is 420 g/mol. The standard InChI is InChI=1S/C20H19Cl2N3O3/c1-12-7-15(22)17(27-2)9-16(12)23-20-24-19(26)18(28-3)11-25(20)10-13-5-4-6-14(21)8-13/h4-9,11H,10H2,1-3H3,(H,23,24,26). The predicted octanol–water partition coefficient (Wildman–Crippen LogP) is 4.67. The Hall–Kier alpha value is -2.70. The number of methoxy groups -OCH3 is 2. The topological polar surface area (TPSA) is 65.4 Å². The van der Waals surface area contributed by atoms with Crippen molar-refractivity contribution in [3.8, 4) is 11.5 Å². The summed E-state index contributed by atoms with van der Waals surface area (Å²) in [5, 5.41) is 4.33. The Labute approximate surface area is 172 Å². The number of aryl methyl sites for hydroxylation is 1. The Morgan fingerprint density at radius 1 is 1.11 bits per heavy atom. The minimum atomic E-state index is -0.467. The van der Waals surface area contributed by atoms with Gasteiger partial charge in [0.2, 0.25) is 11.7 Å². The molecule has 0 unspecified atom stereocenters. The number of rotatable bonds is 6. The molecule has 0 aliphatic carbocycles. The summed E-state index contributed by atoms with van der Waals surface area (Å²) in [6.45, 7) is 2.34. The molecule has 2 aromatic carbocycles. The van der Waals surface area contributed by atoms with Gasteiger partial charge < -0.3 is 19.4 Å².